The smallest absolute Gasteiger partial charge is 0.147 e. The van der Waals surface area contributed by atoms with Crippen molar-refractivity contribution < 1.29 is 14.7 Å². The first-order valence-electron chi connectivity index (χ1n) is 8.06. The lowest BCUT2D eigenvalue weighted by atomic mass is 9.84. The molecule has 1 fully saturated rings. The summed E-state index contributed by atoms with van der Waals surface area (Å²) in [7, 11) is 1.84. The molecule has 0 spiro atoms. The first-order chi connectivity index (χ1) is 9.65. The van der Waals surface area contributed by atoms with Gasteiger partial charge in [-0.25, -0.2) is 0 Å². The number of carbonyl (C=O) groups excluding carboxylic acids is 2. The molecule has 0 atom stereocenters. The lowest BCUT2D eigenvalue weighted by Crippen LogP contribution is -2.33. The molecule has 0 aliphatic heterocycles. The van der Waals surface area contributed by atoms with E-state index in [0.717, 1.165) is 25.7 Å². The number of carbonyl (C=O) groups is 2. The molecule has 0 aromatic heterocycles. The second kappa shape index (κ2) is 8.04. The van der Waals surface area contributed by atoms with Crippen molar-refractivity contribution in [2.75, 3.05) is 20.1 Å². The molecular weight excluding hydrogens is 266 g/mol. The van der Waals surface area contributed by atoms with Crippen molar-refractivity contribution in [1.82, 2.24) is 4.90 Å². The number of rotatable bonds is 7. The minimum atomic E-state index is -0.172. The van der Waals surface area contributed by atoms with Gasteiger partial charge in [0.25, 0.3) is 0 Å². The number of likely N-dealkylation sites (N-methyl/N-ethyl adjacent to an activating group) is 1. The Morgan fingerprint density at radius 3 is 2.10 bits per heavy atom. The van der Waals surface area contributed by atoms with Gasteiger partial charge in [0.15, 0.2) is 0 Å². The van der Waals surface area contributed by atoms with Crippen LogP contribution in [-0.2, 0) is 9.59 Å². The number of Topliss-reactive ketones (excluding diaryl/α,β-unsaturated/α-hetero) is 2. The van der Waals surface area contributed by atoms with Crippen LogP contribution >= 0.6 is 0 Å². The minimum Gasteiger partial charge on any atom is -0.393 e. The molecule has 1 N–H and O–H groups in total. The Balaban J connectivity index is 2.26. The van der Waals surface area contributed by atoms with Crippen molar-refractivity contribution in [3.63, 3.8) is 0 Å². The van der Waals surface area contributed by atoms with Crippen LogP contribution in [0, 0.1) is 11.3 Å². The van der Waals surface area contributed by atoms with Gasteiger partial charge >= 0.3 is 0 Å². The molecule has 0 unspecified atom stereocenters. The zero-order valence-corrected chi connectivity index (χ0v) is 14.0. The van der Waals surface area contributed by atoms with Crippen LogP contribution in [0.15, 0.2) is 0 Å². The molecule has 1 aliphatic carbocycles. The Labute approximate surface area is 128 Å². The molecule has 0 bridgehead atoms. The highest BCUT2D eigenvalue weighted by atomic mass is 16.3. The van der Waals surface area contributed by atoms with Gasteiger partial charge in [0.1, 0.15) is 11.6 Å². The van der Waals surface area contributed by atoms with E-state index in [1.807, 2.05) is 32.7 Å². The molecule has 0 aromatic rings. The molecule has 0 saturated heterocycles. The van der Waals surface area contributed by atoms with E-state index in [4.69, 9.17) is 0 Å². The molecule has 21 heavy (non-hydrogen) atoms. The quantitative estimate of drug-likeness (QED) is 0.784. The SMILES string of the molecule is CN(CC(=O)CC1CCC(O)CC1)CC(=O)CC(C)(C)C. The van der Waals surface area contributed by atoms with Gasteiger partial charge in [-0.3, -0.25) is 14.5 Å². The molecule has 122 valence electrons. The molecule has 1 rings (SSSR count). The number of hydrogen-bond donors (Lipinski definition) is 1. The zero-order valence-electron chi connectivity index (χ0n) is 14.0. The molecule has 0 amide bonds. The number of hydrogen-bond acceptors (Lipinski definition) is 4. The fourth-order valence-electron chi connectivity index (χ4n) is 3.04. The Morgan fingerprint density at radius 2 is 1.57 bits per heavy atom. The predicted octanol–water partition coefficient (Wildman–Crippen LogP) is 2.43. The second-order valence-corrected chi connectivity index (χ2v) is 7.87. The summed E-state index contributed by atoms with van der Waals surface area (Å²) < 4.78 is 0. The number of aliphatic hydroxyl groups excluding tert-OH is 1. The van der Waals surface area contributed by atoms with Crippen LogP contribution in [0.5, 0.6) is 0 Å². The number of nitrogens with zero attached hydrogens (tertiary/aromatic N) is 1. The lowest BCUT2D eigenvalue weighted by molar-refractivity contribution is -0.124. The highest BCUT2D eigenvalue weighted by Gasteiger charge is 2.23. The van der Waals surface area contributed by atoms with Gasteiger partial charge < -0.3 is 5.11 Å². The zero-order chi connectivity index (χ0) is 16.0. The summed E-state index contributed by atoms with van der Waals surface area (Å²) in [6.45, 7) is 6.86. The number of ketones is 2. The highest BCUT2D eigenvalue weighted by Crippen LogP contribution is 2.27. The van der Waals surface area contributed by atoms with Gasteiger partial charge in [-0.1, -0.05) is 20.8 Å². The average molecular weight is 297 g/mol. The van der Waals surface area contributed by atoms with E-state index in [9.17, 15) is 14.7 Å². The third kappa shape index (κ3) is 8.32. The van der Waals surface area contributed by atoms with E-state index >= 15 is 0 Å². The van der Waals surface area contributed by atoms with E-state index in [-0.39, 0.29) is 23.1 Å². The van der Waals surface area contributed by atoms with Crippen molar-refractivity contribution in [2.45, 2.75) is 65.4 Å². The van der Waals surface area contributed by atoms with Crippen molar-refractivity contribution >= 4 is 11.6 Å². The Hall–Kier alpha value is -0.740. The van der Waals surface area contributed by atoms with Crippen LogP contribution in [0.2, 0.25) is 0 Å². The monoisotopic (exact) mass is 297 g/mol. The van der Waals surface area contributed by atoms with Gasteiger partial charge in [0.05, 0.1) is 19.2 Å². The van der Waals surface area contributed by atoms with Crippen LogP contribution in [0.3, 0.4) is 0 Å². The predicted molar refractivity (Wildman–Crippen MR) is 84.2 cm³/mol. The van der Waals surface area contributed by atoms with E-state index in [1.165, 1.54) is 0 Å². The van der Waals surface area contributed by atoms with Gasteiger partial charge in [0, 0.05) is 12.8 Å². The normalized spacial score (nSPS) is 23.3. The Kier molecular flexibility index (Phi) is 7.01. The summed E-state index contributed by atoms with van der Waals surface area (Å²) in [5.41, 5.74) is 0.00483. The van der Waals surface area contributed by atoms with E-state index < -0.39 is 0 Å². The standard InChI is InChI=1S/C17H31NO3/c1-17(2,3)10-16(21)12-18(4)11-15(20)9-13-5-7-14(19)8-6-13/h13-14,19H,5-12H2,1-4H3. The molecule has 0 radical (unpaired) electrons. The lowest BCUT2D eigenvalue weighted by Gasteiger charge is -2.25. The van der Waals surface area contributed by atoms with Gasteiger partial charge in [-0.05, 0) is 44.1 Å². The van der Waals surface area contributed by atoms with Crippen LogP contribution in [0.25, 0.3) is 0 Å². The van der Waals surface area contributed by atoms with Crippen LogP contribution in [0.1, 0.15) is 59.3 Å². The average Bonchev–Trinajstić information content (AvgIpc) is 2.28. The summed E-state index contributed by atoms with van der Waals surface area (Å²) in [5.74, 6) is 0.820. The molecule has 0 aromatic carbocycles. The van der Waals surface area contributed by atoms with E-state index in [2.05, 4.69) is 0 Å². The maximum Gasteiger partial charge on any atom is 0.147 e. The molecular formula is C17H31NO3. The van der Waals surface area contributed by atoms with Gasteiger partial charge in [-0.15, -0.1) is 0 Å². The van der Waals surface area contributed by atoms with E-state index in [0.29, 0.717) is 31.8 Å². The van der Waals surface area contributed by atoms with Crippen molar-refractivity contribution in [1.29, 1.82) is 0 Å². The summed E-state index contributed by atoms with van der Waals surface area (Å²) in [5, 5.41) is 9.47. The Bertz CT molecular complexity index is 352. The summed E-state index contributed by atoms with van der Waals surface area (Å²) in [6, 6.07) is 0. The topological polar surface area (TPSA) is 57.6 Å². The Morgan fingerprint density at radius 1 is 1.05 bits per heavy atom. The van der Waals surface area contributed by atoms with Gasteiger partial charge in [-0.2, -0.15) is 0 Å². The summed E-state index contributed by atoms with van der Waals surface area (Å²) in [6.07, 6.45) is 4.49. The molecule has 4 heteroatoms. The highest BCUT2D eigenvalue weighted by molar-refractivity contribution is 5.83. The maximum absolute atomic E-state index is 12.1. The fourth-order valence-corrected chi connectivity index (χ4v) is 3.04. The van der Waals surface area contributed by atoms with Crippen molar-refractivity contribution in [3.8, 4) is 0 Å². The molecule has 1 saturated carbocycles. The molecule has 0 heterocycles. The van der Waals surface area contributed by atoms with Crippen LogP contribution in [0.4, 0.5) is 0 Å². The first kappa shape index (κ1) is 18.3. The molecule has 4 nitrogen and oxygen atoms in total. The van der Waals surface area contributed by atoms with E-state index in [1.54, 1.807) is 0 Å². The van der Waals surface area contributed by atoms with Crippen LogP contribution in [-0.4, -0.2) is 47.8 Å². The van der Waals surface area contributed by atoms with Crippen LogP contribution < -0.4 is 0 Å². The first-order valence-corrected chi connectivity index (χ1v) is 8.06. The third-order valence-electron chi connectivity index (χ3n) is 3.95. The van der Waals surface area contributed by atoms with Crippen molar-refractivity contribution in [3.05, 3.63) is 0 Å². The summed E-state index contributed by atoms with van der Waals surface area (Å²) >= 11 is 0. The van der Waals surface area contributed by atoms with Crippen molar-refractivity contribution in [2.24, 2.45) is 11.3 Å². The second-order valence-electron chi connectivity index (χ2n) is 7.87. The maximum atomic E-state index is 12.1. The fraction of sp³-hybridized carbons (Fsp3) is 0.882. The van der Waals surface area contributed by atoms with Gasteiger partial charge in [0.2, 0.25) is 0 Å². The largest absolute Gasteiger partial charge is 0.393 e. The number of aliphatic hydroxyl groups is 1. The minimum absolute atomic E-state index is 0.00483. The molecule has 1 aliphatic rings. The third-order valence-corrected chi connectivity index (χ3v) is 3.95. The summed E-state index contributed by atoms with van der Waals surface area (Å²) in [4.78, 5) is 25.8.